The third-order valence-corrected chi connectivity index (χ3v) is 7.32. The molecule has 0 saturated carbocycles. The summed E-state index contributed by atoms with van der Waals surface area (Å²) < 4.78 is 11.9. The second-order valence-electron chi connectivity index (χ2n) is 6.36. The van der Waals surface area contributed by atoms with Crippen LogP contribution in [0.2, 0.25) is 0 Å². The second-order valence-corrected chi connectivity index (χ2v) is 8.49. The summed E-state index contributed by atoms with van der Waals surface area (Å²) in [6.45, 7) is 3.37. The van der Waals surface area contributed by atoms with Gasteiger partial charge in [0.25, 0.3) is 0 Å². The Balaban J connectivity index is 1.45. The molecule has 1 unspecified atom stereocenters. The van der Waals surface area contributed by atoms with Crippen molar-refractivity contribution in [3.8, 4) is 0 Å². The Hall–Kier alpha value is -1.66. The number of morpholine rings is 1. The van der Waals surface area contributed by atoms with Gasteiger partial charge in [-0.05, 0) is 30.4 Å². The molecule has 3 aliphatic heterocycles. The predicted molar refractivity (Wildman–Crippen MR) is 106 cm³/mol. The predicted octanol–water partition coefficient (Wildman–Crippen LogP) is 4.89. The number of allylic oxidation sites excluding steroid dienone is 2. The maximum atomic E-state index is 6.39. The van der Waals surface area contributed by atoms with Crippen molar-refractivity contribution in [2.75, 3.05) is 26.3 Å². The zero-order valence-corrected chi connectivity index (χ0v) is 15.9. The summed E-state index contributed by atoms with van der Waals surface area (Å²) in [5.74, 6) is 0.952. The minimum Gasteiger partial charge on any atom is -0.471 e. The molecule has 26 heavy (non-hydrogen) atoms. The molecule has 5 rings (SSSR count). The highest BCUT2D eigenvalue weighted by atomic mass is 32.2. The van der Waals surface area contributed by atoms with Crippen molar-refractivity contribution in [2.45, 2.75) is 25.8 Å². The fourth-order valence-corrected chi connectivity index (χ4v) is 5.75. The molecule has 2 aromatic rings. The van der Waals surface area contributed by atoms with E-state index in [1.165, 1.54) is 25.1 Å². The molecule has 132 valence electrons. The van der Waals surface area contributed by atoms with Gasteiger partial charge in [-0.2, -0.15) is 0 Å². The first-order valence-electron chi connectivity index (χ1n) is 8.83. The maximum Gasteiger partial charge on any atom is 0.172 e. The van der Waals surface area contributed by atoms with E-state index in [4.69, 9.17) is 9.47 Å². The number of hydrogen-bond acceptors (Lipinski definition) is 5. The smallest absolute Gasteiger partial charge is 0.172 e. The lowest BCUT2D eigenvalue weighted by Crippen LogP contribution is -2.44. The van der Waals surface area contributed by atoms with Gasteiger partial charge in [-0.1, -0.05) is 53.9 Å². The first-order valence-corrected chi connectivity index (χ1v) is 10.5. The number of benzene rings is 2. The van der Waals surface area contributed by atoms with Gasteiger partial charge in [0.15, 0.2) is 6.23 Å². The van der Waals surface area contributed by atoms with E-state index in [0.29, 0.717) is 0 Å². The number of fused-ring (bicyclic) bond motifs is 2. The van der Waals surface area contributed by atoms with Crippen LogP contribution in [0, 0.1) is 0 Å². The molecule has 0 aromatic heterocycles. The molecule has 3 nitrogen and oxygen atoms in total. The van der Waals surface area contributed by atoms with Gasteiger partial charge in [0, 0.05) is 38.2 Å². The third-order valence-electron chi connectivity index (χ3n) is 4.70. The fraction of sp³-hybridized carbons (Fsp3) is 0.238. The summed E-state index contributed by atoms with van der Waals surface area (Å²) in [6, 6.07) is 15.1. The first-order chi connectivity index (χ1) is 12.9. The van der Waals surface area contributed by atoms with Gasteiger partial charge in [-0.3, -0.25) is 4.90 Å². The maximum absolute atomic E-state index is 6.39. The van der Waals surface area contributed by atoms with Crippen molar-refractivity contribution < 1.29 is 9.47 Å². The first kappa shape index (κ1) is 16.5. The quantitative estimate of drug-likeness (QED) is 0.628. The van der Waals surface area contributed by atoms with Crippen molar-refractivity contribution in [3.05, 3.63) is 66.3 Å². The van der Waals surface area contributed by atoms with Crippen LogP contribution in [0.4, 0.5) is 0 Å². The number of nitrogens with zero attached hydrogens (tertiary/aromatic N) is 1. The molecule has 1 fully saturated rings. The molecule has 1 atom stereocenters. The van der Waals surface area contributed by atoms with Crippen LogP contribution in [-0.4, -0.2) is 37.4 Å². The highest BCUT2D eigenvalue weighted by Crippen LogP contribution is 2.50. The van der Waals surface area contributed by atoms with Crippen molar-refractivity contribution in [1.29, 1.82) is 0 Å². The molecule has 3 aliphatic rings. The lowest BCUT2D eigenvalue weighted by Gasteiger charge is -2.35. The number of ether oxygens (including phenoxy) is 2. The van der Waals surface area contributed by atoms with Gasteiger partial charge >= 0.3 is 0 Å². The second kappa shape index (κ2) is 7.16. The van der Waals surface area contributed by atoms with Crippen molar-refractivity contribution >= 4 is 29.3 Å². The Morgan fingerprint density at radius 1 is 0.885 bits per heavy atom. The van der Waals surface area contributed by atoms with Crippen molar-refractivity contribution in [2.24, 2.45) is 0 Å². The van der Waals surface area contributed by atoms with Gasteiger partial charge in [0.1, 0.15) is 5.76 Å². The number of rotatable bonds is 2. The van der Waals surface area contributed by atoms with Crippen LogP contribution in [0.5, 0.6) is 0 Å². The Bertz CT molecular complexity index is 887. The molecule has 5 heteroatoms. The van der Waals surface area contributed by atoms with Gasteiger partial charge in [0.2, 0.25) is 0 Å². The zero-order chi connectivity index (χ0) is 17.3. The van der Waals surface area contributed by atoms with E-state index in [9.17, 15) is 0 Å². The zero-order valence-electron chi connectivity index (χ0n) is 14.3. The minimum atomic E-state index is -0.0108. The monoisotopic (exact) mass is 381 g/mol. The SMILES string of the molecule is C1=CC(N2CCOCC2)OC(c2cccc3c2Sc2ccccc2S3)=C1. The van der Waals surface area contributed by atoms with Gasteiger partial charge in [-0.15, -0.1) is 0 Å². The summed E-state index contributed by atoms with van der Waals surface area (Å²) in [7, 11) is 0. The topological polar surface area (TPSA) is 21.7 Å². The van der Waals surface area contributed by atoms with E-state index < -0.39 is 0 Å². The lowest BCUT2D eigenvalue weighted by atomic mass is 10.1. The van der Waals surface area contributed by atoms with E-state index in [0.717, 1.165) is 32.1 Å². The summed E-state index contributed by atoms with van der Waals surface area (Å²) >= 11 is 3.68. The van der Waals surface area contributed by atoms with Crippen molar-refractivity contribution in [3.63, 3.8) is 0 Å². The fourth-order valence-electron chi connectivity index (χ4n) is 3.37. The van der Waals surface area contributed by atoms with Crippen LogP contribution >= 0.6 is 23.5 Å². The minimum absolute atomic E-state index is 0.0108. The van der Waals surface area contributed by atoms with Crippen LogP contribution < -0.4 is 0 Å². The molecular weight excluding hydrogens is 362 g/mol. The molecule has 0 amide bonds. The van der Waals surface area contributed by atoms with Crippen LogP contribution in [0.1, 0.15) is 5.56 Å². The third kappa shape index (κ3) is 3.09. The Kier molecular flexibility index (Phi) is 4.55. The van der Waals surface area contributed by atoms with Crippen LogP contribution in [0.25, 0.3) is 5.76 Å². The molecule has 2 aromatic carbocycles. The summed E-state index contributed by atoms with van der Waals surface area (Å²) in [5.41, 5.74) is 1.18. The molecule has 0 radical (unpaired) electrons. The summed E-state index contributed by atoms with van der Waals surface area (Å²) in [6.07, 6.45) is 6.32. The van der Waals surface area contributed by atoms with E-state index in [1.54, 1.807) is 0 Å². The highest BCUT2D eigenvalue weighted by molar-refractivity contribution is 8.05. The lowest BCUT2D eigenvalue weighted by molar-refractivity contribution is -0.0364. The Labute approximate surface area is 162 Å². The summed E-state index contributed by atoms with van der Waals surface area (Å²) in [5, 5.41) is 0. The highest BCUT2D eigenvalue weighted by Gasteiger charge is 2.26. The number of hydrogen-bond donors (Lipinski definition) is 0. The Morgan fingerprint density at radius 2 is 1.65 bits per heavy atom. The normalized spacial score (nSPS) is 22.2. The molecule has 1 saturated heterocycles. The molecule has 0 aliphatic carbocycles. The standard InChI is InChI=1S/C21H19NO2S2/c1-2-8-18-17(7-1)25-19-9-3-5-15(21(19)26-18)16-6-4-10-20(24-16)22-11-13-23-14-12-22/h1-10,20H,11-14H2. The van der Waals surface area contributed by atoms with Gasteiger partial charge < -0.3 is 9.47 Å². The largest absolute Gasteiger partial charge is 0.471 e. The van der Waals surface area contributed by atoms with Gasteiger partial charge in [-0.25, -0.2) is 0 Å². The van der Waals surface area contributed by atoms with Crippen LogP contribution in [0.3, 0.4) is 0 Å². The van der Waals surface area contributed by atoms with E-state index in [-0.39, 0.29) is 6.23 Å². The van der Waals surface area contributed by atoms with E-state index in [1.807, 2.05) is 23.5 Å². The van der Waals surface area contributed by atoms with Crippen molar-refractivity contribution in [1.82, 2.24) is 4.90 Å². The summed E-state index contributed by atoms with van der Waals surface area (Å²) in [4.78, 5) is 7.56. The van der Waals surface area contributed by atoms with Gasteiger partial charge in [0.05, 0.1) is 13.2 Å². The Morgan fingerprint density at radius 3 is 2.50 bits per heavy atom. The van der Waals surface area contributed by atoms with E-state index >= 15 is 0 Å². The molecule has 3 heterocycles. The van der Waals surface area contributed by atoms with E-state index in [2.05, 4.69) is 65.6 Å². The average molecular weight is 382 g/mol. The molecule has 0 spiro atoms. The molecule has 0 bridgehead atoms. The molecular formula is C21H19NO2S2. The van der Waals surface area contributed by atoms with Crippen LogP contribution in [-0.2, 0) is 9.47 Å². The molecule has 0 N–H and O–H groups in total. The average Bonchev–Trinajstić information content (AvgIpc) is 2.72. The van der Waals surface area contributed by atoms with Crippen LogP contribution in [0.15, 0.2) is 80.3 Å².